The maximum absolute atomic E-state index is 12.5. The van der Waals surface area contributed by atoms with Crippen molar-refractivity contribution in [3.63, 3.8) is 0 Å². The fourth-order valence-electron chi connectivity index (χ4n) is 3.18. The van der Waals surface area contributed by atoms with Crippen LogP contribution < -0.4 is 0 Å². The van der Waals surface area contributed by atoms with Crippen molar-refractivity contribution in [2.24, 2.45) is 0 Å². The molecule has 1 radical (unpaired) electrons. The minimum absolute atomic E-state index is 0. The van der Waals surface area contributed by atoms with Gasteiger partial charge in [-0.05, 0) is 30.8 Å². The van der Waals surface area contributed by atoms with Crippen LogP contribution in [0.4, 0.5) is 0 Å². The second-order valence-corrected chi connectivity index (χ2v) is 6.30. The first-order chi connectivity index (χ1) is 11.2. The summed E-state index contributed by atoms with van der Waals surface area (Å²) in [5.41, 5.74) is 2.61. The standard InChI is InChI=1S/C19H24N2O2.Y/c1-3-4-5-15-8-10-21(11-9-15)19(22)13-16-6-7-18-17(12-16)20-14(2)23-18;/h6-7,12H,1,3-5,8-11,13H2,2H3;/q-2;. The molecule has 0 aliphatic carbocycles. The maximum atomic E-state index is 12.5. The Labute approximate surface area is 169 Å². The van der Waals surface area contributed by atoms with Gasteiger partial charge >= 0.3 is 0 Å². The zero-order valence-corrected chi connectivity index (χ0v) is 17.2. The molecule has 24 heavy (non-hydrogen) atoms. The van der Waals surface area contributed by atoms with Gasteiger partial charge in [-0.1, -0.05) is 6.07 Å². The quantitative estimate of drug-likeness (QED) is 0.715. The number of rotatable bonds is 5. The number of piperidine rings is 1. The Balaban J connectivity index is 0.00000208. The van der Waals surface area contributed by atoms with Crippen molar-refractivity contribution in [2.45, 2.75) is 45.4 Å². The van der Waals surface area contributed by atoms with E-state index < -0.39 is 0 Å². The van der Waals surface area contributed by atoms with Crippen molar-refractivity contribution in [3.05, 3.63) is 42.5 Å². The summed E-state index contributed by atoms with van der Waals surface area (Å²) in [6.45, 7) is 7.44. The first kappa shape index (κ1) is 19.6. The van der Waals surface area contributed by atoms with Crippen LogP contribution in [0.1, 0.15) is 43.6 Å². The van der Waals surface area contributed by atoms with Crippen molar-refractivity contribution in [2.75, 3.05) is 13.1 Å². The van der Waals surface area contributed by atoms with Crippen molar-refractivity contribution < 1.29 is 41.9 Å². The molecule has 3 rings (SSSR count). The second kappa shape index (κ2) is 9.10. The van der Waals surface area contributed by atoms with Gasteiger partial charge < -0.3 is 22.2 Å². The van der Waals surface area contributed by atoms with E-state index >= 15 is 0 Å². The molecule has 1 aromatic carbocycles. The SMILES string of the molecule is [CH2-]CCC[C-]1CCN(C(=O)Cc2ccc3oc(C)nc3c2)CC1.[Y]. The number of aromatic nitrogens is 1. The molecule has 1 aliphatic heterocycles. The second-order valence-electron chi connectivity index (χ2n) is 6.30. The van der Waals surface area contributed by atoms with Crippen LogP contribution >= 0.6 is 0 Å². The van der Waals surface area contributed by atoms with Gasteiger partial charge in [0.25, 0.3) is 0 Å². The third kappa shape index (κ3) is 4.89. The zero-order chi connectivity index (χ0) is 16.2. The molecule has 2 heterocycles. The van der Waals surface area contributed by atoms with E-state index in [1.165, 1.54) is 12.8 Å². The Hall–Kier alpha value is -0.736. The number of hydrogen-bond acceptors (Lipinski definition) is 3. The number of unbranched alkanes of at least 4 members (excludes halogenated alkanes) is 1. The van der Waals surface area contributed by atoms with Gasteiger partial charge in [0.1, 0.15) is 5.52 Å². The minimum Gasteiger partial charge on any atom is -0.441 e. The van der Waals surface area contributed by atoms with Crippen molar-refractivity contribution >= 4 is 17.0 Å². The Morgan fingerprint density at radius 3 is 2.83 bits per heavy atom. The van der Waals surface area contributed by atoms with Gasteiger partial charge in [0.2, 0.25) is 5.91 Å². The molecule has 4 nitrogen and oxygen atoms in total. The number of aryl methyl sites for hydroxylation is 1. The molecule has 1 amide bonds. The van der Waals surface area contributed by atoms with E-state index in [1.807, 2.05) is 30.0 Å². The van der Waals surface area contributed by atoms with Gasteiger partial charge in [-0.3, -0.25) is 4.79 Å². The molecule has 127 valence electrons. The number of amides is 1. The molecule has 2 aromatic rings. The van der Waals surface area contributed by atoms with E-state index in [0.29, 0.717) is 12.3 Å². The van der Waals surface area contributed by atoms with Gasteiger partial charge in [-0.15, -0.1) is 6.42 Å². The molecular weight excluding hydrogens is 377 g/mol. The average Bonchev–Trinajstić information content (AvgIpc) is 2.92. The average molecular weight is 401 g/mol. The summed E-state index contributed by atoms with van der Waals surface area (Å²) in [7, 11) is 0. The molecule has 0 saturated carbocycles. The van der Waals surface area contributed by atoms with Crippen LogP contribution in [0.25, 0.3) is 11.1 Å². The summed E-state index contributed by atoms with van der Waals surface area (Å²) >= 11 is 0. The van der Waals surface area contributed by atoms with Crippen molar-refractivity contribution in [1.29, 1.82) is 0 Å². The van der Waals surface area contributed by atoms with Crippen LogP contribution in [0, 0.1) is 19.8 Å². The number of hydrogen-bond donors (Lipinski definition) is 0. The fourth-order valence-corrected chi connectivity index (χ4v) is 3.18. The van der Waals surface area contributed by atoms with E-state index in [4.69, 9.17) is 4.42 Å². The van der Waals surface area contributed by atoms with Gasteiger partial charge in [-0.2, -0.15) is 25.7 Å². The topological polar surface area (TPSA) is 46.3 Å². The van der Waals surface area contributed by atoms with Crippen molar-refractivity contribution in [1.82, 2.24) is 9.88 Å². The van der Waals surface area contributed by atoms with E-state index in [-0.39, 0.29) is 38.6 Å². The first-order valence-corrected chi connectivity index (χ1v) is 8.42. The molecule has 0 spiro atoms. The molecule has 5 heteroatoms. The summed E-state index contributed by atoms with van der Waals surface area (Å²) in [6.07, 6.45) is 5.88. The van der Waals surface area contributed by atoms with Crippen LogP contribution in [-0.4, -0.2) is 28.9 Å². The van der Waals surface area contributed by atoms with Crippen LogP contribution in [0.2, 0.25) is 0 Å². The van der Waals surface area contributed by atoms with Crippen LogP contribution in [0.5, 0.6) is 0 Å². The molecule has 1 aliphatic rings. The van der Waals surface area contributed by atoms with Crippen LogP contribution in [0.3, 0.4) is 0 Å². The molecule has 0 unspecified atom stereocenters. The Kier molecular flexibility index (Phi) is 7.42. The van der Waals surface area contributed by atoms with Gasteiger partial charge in [-0.25, -0.2) is 4.98 Å². The number of fused-ring (bicyclic) bond motifs is 1. The number of likely N-dealkylation sites (tertiary alicyclic amines) is 1. The summed E-state index contributed by atoms with van der Waals surface area (Å²) in [5.74, 6) is 2.46. The Bertz CT molecular complexity index is 675. The molecule has 0 N–H and O–H groups in total. The summed E-state index contributed by atoms with van der Waals surface area (Å²) in [4.78, 5) is 18.8. The molecule has 0 atom stereocenters. The monoisotopic (exact) mass is 401 g/mol. The summed E-state index contributed by atoms with van der Waals surface area (Å²) in [6, 6.07) is 5.82. The third-order valence-corrected chi connectivity index (χ3v) is 4.52. The number of benzene rings is 1. The normalized spacial score (nSPS) is 15.5. The third-order valence-electron chi connectivity index (χ3n) is 4.52. The molecule has 1 saturated heterocycles. The van der Waals surface area contributed by atoms with Crippen molar-refractivity contribution in [3.8, 4) is 0 Å². The number of oxazole rings is 1. The molecule has 1 aromatic heterocycles. The van der Waals surface area contributed by atoms with Crippen LogP contribution in [-0.2, 0) is 43.9 Å². The molecule has 1 fully saturated rings. The minimum atomic E-state index is 0. The Morgan fingerprint density at radius 1 is 1.38 bits per heavy atom. The maximum Gasteiger partial charge on any atom is 0.226 e. The molecule has 0 bridgehead atoms. The largest absolute Gasteiger partial charge is 0.441 e. The summed E-state index contributed by atoms with van der Waals surface area (Å²) < 4.78 is 5.47. The fraction of sp³-hybridized carbons (Fsp3) is 0.474. The van der Waals surface area contributed by atoms with E-state index in [9.17, 15) is 4.79 Å². The summed E-state index contributed by atoms with van der Waals surface area (Å²) in [5, 5.41) is 0. The van der Waals surface area contributed by atoms with E-state index in [2.05, 4.69) is 11.9 Å². The predicted octanol–water partition coefficient (Wildman–Crippen LogP) is 3.88. The predicted molar refractivity (Wildman–Crippen MR) is 90.7 cm³/mol. The van der Waals surface area contributed by atoms with Gasteiger partial charge in [0.05, 0.1) is 6.42 Å². The van der Waals surface area contributed by atoms with E-state index in [0.717, 1.165) is 49.0 Å². The smallest absolute Gasteiger partial charge is 0.226 e. The number of carbonyl (C=O) groups excluding carboxylic acids is 1. The number of carbonyl (C=O) groups is 1. The van der Waals surface area contributed by atoms with Gasteiger partial charge in [0.15, 0.2) is 11.5 Å². The van der Waals surface area contributed by atoms with Gasteiger partial charge in [0, 0.05) is 39.6 Å². The van der Waals surface area contributed by atoms with Crippen LogP contribution in [0.15, 0.2) is 22.6 Å². The zero-order valence-electron chi connectivity index (χ0n) is 14.4. The molecular formula is C19H24N2O2Y-2. The first-order valence-electron chi connectivity index (χ1n) is 8.42. The van der Waals surface area contributed by atoms with E-state index in [1.54, 1.807) is 5.92 Å². The number of nitrogens with zero attached hydrogens (tertiary/aromatic N) is 2. The Morgan fingerprint density at radius 2 is 2.12 bits per heavy atom.